The van der Waals surface area contributed by atoms with E-state index in [-0.39, 0.29) is 11.8 Å². The molecule has 1 fully saturated rings. The first-order valence-corrected chi connectivity index (χ1v) is 8.24. The Hall–Kier alpha value is -1.53. The Balaban J connectivity index is 2.10. The zero-order valence-corrected chi connectivity index (χ0v) is 13.0. The first-order chi connectivity index (χ1) is 10.2. The van der Waals surface area contributed by atoms with Crippen LogP contribution in [-0.4, -0.2) is 43.0 Å². The Labute approximate surface area is 128 Å². The van der Waals surface area contributed by atoms with Gasteiger partial charge in [0.2, 0.25) is 11.8 Å². The number of hydrogen-bond donors (Lipinski definition) is 2. The minimum Gasteiger partial charge on any atom is -0.374 e. The molecule has 5 nitrogen and oxygen atoms in total. The number of nitrogens with one attached hydrogen (secondary N) is 2. The highest BCUT2D eigenvalue weighted by atomic mass is 32.2. The predicted molar refractivity (Wildman–Crippen MR) is 83.1 cm³/mol. The molecule has 0 aliphatic carbocycles. The summed E-state index contributed by atoms with van der Waals surface area (Å²) in [5, 5.41) is 5.58. The molecule has 1 saturated heterocycles. The van der Waals surface area contributed by atoms with Gasteiger partial charge in [-0.25, -0.2) is 0 Å². The molecule has 0 unspecified atom stereocenters. The first kappa shape index (κ1) is 15.9. The number of piperazine rings is 1. The van der Waals surface area contributed by atoms with Gasteiger partial charge in [0.25, 0.3) is 0 Å². The maximum absolute atomic E-state index is 12.3. The van der Waals surface area contributed by atoms with E-state index in [4.69, 9.17) is 4.74 Å². The lowest BCUT2D eigenvalue weighted by molar-refractivity contribution is -0.140. The molecule has 0 bridgehead atoms. The third kappa shape index (κ3) is 3.77. The zero-order valence-electron chi connectivity index (χ0n) is 12.2. The summed E-state index contributed by atoms with van der Waals surface area (Å²) in [4.78, 5) is 24.4. The number of carbonyl (C=O) groups is 2. The fraction of sp³-hybridized carbons (Fsp3) is 0.467. The van der Waals surface area contributed by atoms with Gasteiger partial charge < -0.3 is 15.4 Å². The number of thioether (sulfide) groups is 1. The lowest BCUT2D eigenvalue weighted by Crippen LogP contribution is -2.63. The van der Waals surface area contributed by atoms with Crippen molar-refractivity contribution >= 4 is 23.6 Å². The average Bonchev–Trinajstić information content (AvgIpc) is 2.51. The summed E-state index contributed by atoms with van der Waals surface area (Å²) in [6.45, 7) is 0. The Morgan fingerprint density at radius 1 is 1.19 bits per heavy atom. The summed E-state index contributed by atoms with van der Waals surface area (Å²) < 4.78 is 5.43. The minimum atomic E-state index is -0.699. The maximum Gasteiger partial charge on any atom is 0.246 e. The van der Waals surface area contributed by atoms with Gasteiger partial charge in [0.05, 0.1) is 0 Å². The molecule has 0 saturated carbocycles. The van der Waals surface area contributed by atoms with Gasteiger partial charge in [0.15, 0.2) is 0 Å². The van der Waals surface area contributed by atoms with Crippen molar-refractivity contribution in [3.05, 3.63) is 35.9 Å². The SMILES string of the molecule is CO[C@H](c1ccccc1)[C@H]1NC(=O)[C@@H](CCSC)NC1=O. The minimum absolute atomic E-state index is 0.147. The van der Waals surface area contributed by atoms with Gasteiger partial charge in [-0.2, -0.15) is 11.8 Å². The van der Waals surface area contributed by atoms with E-state index in [2.05, 4.69) is 10.6 Å². The second-order valence-electron chi connectivity index (χ2n) is 4.90. The number of benzene rings is 1. The summed E-state index contributed by atoms with van der Waals surface area (Å²) in [6.07, 6.45) is 2.12. The van der Waals surface area contributed by atoms with E-state index in [1.165, 1.54) is 7.11 Å². The quantitative estimate of drug-likeness (QED) is 0.826. The monoisotopic (exact) mass is 308 g/mol. The topological polar surface area (TPSA) is 67.4 Å². The molecule has 114 valence electrons. The van der Waals surface area contributed by atoms with Gasteiger partial charge >= 0.3 is 0 Å². The van der Waals surface area contributed by atoms with Crippen molar-refractivity contribution in [2.45, 2.75) is 24.6 Å². The number of amides is 2. The van der Waals surface area contributed by atoms with E-state index in [1.54, 1.807) is 11.8 Å². The van der Waals surface area contributed by atoms with Crippen LogP contribution < -0.4 is 10.6 Å². The fourth-order valence-electron chi connectivity index (χ4n) is 2.41. The van der Waals surface area contributed by atoms with E-state index in [1.807, 2.05) is 36.6 Å². The predicted octanol–water partition coefficient (Wildman–Crippen LogP) is 1.11. The van der Waals surface area contributed by atoms with E-state index < -0.39 is 18.2 Å². The summed E-state index contributed by atoms with van der Waals surface area (Å²) in [5.74, 6) is 0.484. The van der Waals surface area contributed by atoms with Crippen LogP contribution in [0.3, 0.4) is 0 Å². The Morgan fingerprint density at radius 2 is 1.90 bits per heavy atom. The standard InChI is InChI=1S/C15H20N2O3S/c1-20-13(10-6-4-3-5-7-10)12-15(19)16-11(8-9-21-2)14(18)17-12/h3-7,11-13H,8-9H2,1-2H3,(H,16,19)(H,17,18)/t11-,12-,13-/m1/s1. The second-order valence-corrected chi connectivity index (χ2v) is 5.88. The van der Waals surface area contributed by atoms with Crippen LogP contribution in [0.4, 0.5) is 0 Å². The van der Waals surface area contributed by atoms with Crippen LogP contribution in [0.2, 0.25) is 0 Å². The molecule has 0 aromatic heterocycles. The van der Waals surface area contributed by atoms with Gasteiger partial charge in [-0.15, -0.1) is 0 Å². The van der Waals surface area contributed by atoms with Gasteiger partial charge in [0, 0.05) is 7.11 Å². The summed E-state index contributed by atoms with van der Waals surface area (Å²) in [6, 6.07) is 8.27. The van der Waals surface area contributed by atoms with Crippen molar-refractivity contribution < 1.29 is 14.3 Å². The summed E-state index contributed by atoms with van der Waals surface area (Å²) >= 11 is 1.65. The van der Waals surface area contributed by atoms with Crippen LogP contribution in [-0.2, 0) is 14.3 Å². The van der Waals surface area contributed by atoms with Crippen molar-refractivity contribution in [3.63, 3.8) is 0 Å². The smallest absolute Gasteiger partial charge is 0.246 e. The molecule has 2 N–H and O–H groups in total. The van der Waals surface area contributed by atoms with Crippen LogP contribution in [0.25, 0.3) is 0 Å². The molecule has 2 rings (SSSR count). The van der Waals surface area contributed by atoms with Gasteiger partial charge in [-0.1, -0.05) is 30.3 Å². The van der Waals surface area contributed by atoms with E-state index in [0.717, 1.165) is 11.3 Å². The fourth-order valence-corrected chi connectivity index (χ4v) is 2.88. The number of carbonyl (C=O) groups excluding carboxylic acids is 2. The van der Waals surface area contributed by atoms with Crippen molar-refractivity contribution in [2.24, 2.45) is 0 Å². The van der Waals surface area contributed by atoms with Crippen molar-refractivity contribution in [1.29, 1.82) is 0 Å². The van der Waals surface area contributed by atoms with Crippen LogP contribution in [0.1, 0.15) is 18.1 Å². The Morgan fingerprint density at radius 3 is 2.52 bits per heavy atom. The highest BCUT2D eigenvalue weighted by molar-refractivity contribution is 7.98. The molecule has 1 aromatic rings. The molecule has 1 heterocycles. The molecule has 1 aromatic carbocycles. The normalized spacial score (nSPS) is 23.3. The zero-order chi connectivity index (χ0) is 15.2. The molecule has 1 aliphatic heterocycles. The Kier molecular flexibility index (Phi) is 5.64. The van der Waals surface area contributed by atoms with Crippen molar-refractivity contribution in [3.8, 4) is 0 Å². The van der Waals surface area contributed by atoms with Crippen molar-refractivity contribution in [2.75, 3.05) is 19.1 Å². The molecule has 0 spiro atoms. The third-order valence-electron chi connectivity index (χ3n) is 3.51. The van der Waals surface area contributed by atoms with Gasteiger partial charge in [-0.05, 0) is 24.0 Å². The number of methoxy groups -OCH3 is 1. The van der Waals surface area contributed by atoms with Crippen molar-refractivity contribution in [1.82, 2.24) is 10.6 Å². The lowest BCUT2D eigenvalue weighted by Gasteiger charge is -2.33. The third-order valence-corrected chi connectivity index (χ3v) is 4.15. The molecule has 6 heteroatoms. The molecule has 3 atom stereocenters. The Bertz CT molecular complexity index is 495. The summed E-state index contributed by atoms with van der Waals surface area (Å²) in [5.41, 5.74) is 0.864. The average molecular weight is 308 g/mol. The highest BCUT2D eigenvalue weighted by Crippen LogP contribution is 2.22. The highest BCUT2D eigenvalue weighted by Gasteiger charge is 2.38. The number of rotatable bonds is 6. The number of ether oxygens (including phenoxy) is 1. The van der Waals surface area contributed by atoms with E-state index in [9.17, 15) is 9.59 Å². The van der Waals surface area contributed by atoms with Crippen LogP contribution >= 0.6 is 11.8 Å². The lowest BCUT2D eigenvalue weighted by atomic mass is 9.98. The largest absolute Gasteiger partial charge is 0.374 e. The van der Waals surface area contributed by atoms with Gasteiger partial charge in [0.1, 0.15) is 18.2 Å². The maximum atomic E-state index is 12.3. The van der Waals surface area contributed by atoms with Crippen LogP contribution in [0.15, 0.2) is 30.3 Å². The van der Waals surface area contributed by atoms with Crippen LogP contribution in [0.5, 0.6) is 0 Å². The van der Waals surface area contributed by atoms with E-state index in [0.29, 0.717) is 6.42 Å². The first-order valence-electron chi connectivity index (χ1n) is 6.84. The summed E-state index contributed by atoms with van der Waals surface area (Å²) in [7, 11) is 1.54. The van der Waals surface area contributed by atoms with E-state index >= 15 is 0 Å². The number of hydrogen-bond acceptors (Lipinski definition) is 4. The molecule has 1 aliphatic rings. The molecular weight excluding hydrogens is 288 g/mol. The molecule has 2 amide bonds. The molecular formula is C15H20N2O3S. The molecule has 21 heavy (non-hydrogen) atoms. The van der Waals surface area contributed by atoms with Gasteiger partial charge in [-0.3, -0.25) is 9.59 Å². The molecule has 0 radical (unpaired) electrons. The second kappa shape index (κ2) is 7.47. The van der Waals surface area contributed by atoms with Crippen LogP contribution in [0, 0.1) is 0 Å².